The van der Waals surface area contributed by atoms with Gasteiger partial charge in [0.05, 0.1) is 21.9 Å². The first-order valence-corrected chi connectivity index (χ1v) is 4.67. The summed E-state index contributed by atoms with van der Waals surface area (Å²) in [6, 6.07) is 9.11. The van der Waals surface area contributed by atoms with Crippen LogP contribution in [0, 0.1) is 0 Å². The van der Waals surface area contributed by atoms with Gasteiger partial charge in [-0.15, -0.1) is 0 Å². The van der Waals surface area contributed by atoms with Gasteiger partial charge >= 0.3 is 29.6 Å². The maximum absolute atomic E-state index is 10.6. The zero-order valence-corrected chi connectivity index (χ0v) is 6.36. The predicted octanol–water partition coefficient (Wildman–Crippen LogP) is 0.990. The van der Waals surface area contributed by atoms with Crippen molar-refractivity contribution in [3.63, 3.8) is 0 Å². The topological polar surface area (TPSA) is 23.1 Å². The van der Waals surface area contributed by atoms with E-state index < -0.39 is 10.2 Å². The molecule has 0 N–H and O–H groups in total. The van der Waals surface area contributed by atoms with Crippen LogP contribution < -0.4 is 0 Å². The fraction of sp³-hybridized carbons (Fsp3) is 0. The molecule has 0 fully saturated rings. The summed E-state index contributed by atoms with van der Waals surface area (Å²) in [7, 11) is -1.13. The zero-order valence-electron chi connectivity index (χ0n) is 4.65. The van der Waals surface area contributed by atoms with Crippen LogP contribution in [-0.4, -0.2) is 34.1 Å². The molecule has 4 heteroatoms. The number of benzene rings is 1. The fourth-order valence-corrected chi connectivity index (χ4v) is 1.29. The Kier molecular flexibility index (Phi) is 6.01. The first-order chi connectivity index (χ1) is 4.30. The van der Waals surface area contributed by atoms with Crippen LogP contribution in [0.4, 0.5) is 0 Å². The second-order valence-corrected chi connectivity index (χ2v) is 3.53. The molecule has 0 radical (unpaired) electrons. The molecule has 0 bridgehead atoms. The Hall–Kier alpha value is 0.880. The van der Waals surface area contributed by atoms with Crippen LogP contribution in [0.25, 0.3) is 0 Å². The molecule has 1 atom stereocenters. The van der Waals surface area contributed by atoms with Gasteiger partial charge in [0.1, 0.15) is 0 Å². The largest absolute Gasteiger partial charge is 0.600 e. The van der Waals surface area contributed by atoms with Crippen molar-refractivity contribution in [3.8, 4) is 0 Å². The van der Waals surface area contributed by atoms with Crippen LogP contribution in [0.2, 0.25) is 0 Å². The minimum absolute atomic E-state index is 0. The van der Waals surface area contributed by atoms with Gasteiger partial charge in [0.2, 0.25) is 0 Å². The van der Waals surface area contributed by atoms with E-state index in [-0.39, 0.29) is 29.6 Å². The Morgan fingerprint density at radius 1 is 1.20 bits per heavy atom. The van der Waals surface area contributed by atoms with Gasteiger partial charge in [-0.2, -0.15) is 0 Å². The van der Waals surface area contributed by atoms with E-state index in [0.717, 1.165) is 4.90 Å². The van der Waals surface area contributed by atoms with E-state index in [1.807, 2.05) is 18.2 Å². The maximum Gasteiger partial charge on any atom is 0.165 e. The third-order valence-electron chi connectivity index (χ3n) is 0.945. The minimum Gasteiger partial charge on any atom is -0.600 e. The monoisotopic (exact) mass is 182 g/mol. The number of rotatable bonds is 1. The third-order valence-corrected chi connectivity index (χ3v) is 2.25. The molecular formula is C6H7NaOS2. The van der Waals surface area contributed by atoms with E-state index in [2.05, 4.69) is 11.7 Å². The van der Waals surface area contributed by atoms with Crippen molar-refractivity contribution in [1.29, 1.82) is 0 Å². The second-order valence-electron chi connectivity index (χ2n) is 1.56. The van der Waals surface area contributed by atoms with Gasteiger partial charge in [-0.1, -0.05) is 18.2 Å². The summed E-state index contributed by atoms with van der Waals surface area (Å²) in [6.45, 7) is 0. The molecule has 0 aliphatic heterocycles. The fourth-order valence-electron chi connectivity index (χ4n) is 0.537. The van der Waals surface area contributed by atoms with E-state index in [0.29, 0.717) is 0 Å². The van der Waals surface area contributed by atoms with Crippen molar-refractivity contribution >= 4 is 51.4 Å². The average Bonchev–Trinajstić information content (AvgIpc) is 1.90. The molecule has 50 valence electrons. The second kappa shape index (κ2) is 5.52. The number of hydrogen-bond acceptors (Lipinski definition) is 2. The van der Waals surface area contributed by atoms with Crippen molar-refractivity contribution in [2.75, 3.05) is 0 Å². The van der Waals surface area contributed by atoms with E-state index >= 15 is 0 Å². The van der Waals surface area contributed by atoms with Crippen molar-refractivity contribution < 1.29 is 4.55 Å². The van der Waals surface area contributed by atoms with Crippen molar-refractivity contribution in [2.45, 2.75) is 4.90 Å². The molecule has 0 amide bonds. The first kappa shape index (κ1) is 10.9. The summed E-state index contributed by atoms with van der Waals surface area (Å²) in [6.07, 6.45) is 0. The van der Waals surface area contributed by atoms with Gasteiger partial charge in [0.15, 0.2) is 4.90 Å². The van der Waals surface area contributed by atoms with Gasteiger partial charge in [-0.3, -0.25) is 0 Å². The quantitative estimate of drug-likeness (QED) is 0.298. The van der Waals surface area contributed by atoms with Gasteiger partial charge in [0, 0.05) is 0 Å². The molecule has 1 unspecified atom stereocenters. The normalized spacial score (nSPS) is 11.8. The molecule has 1 aromatic carbocycles. The Balaban J connectivity index is 0.000000810. The molecule has 0 spiro atoms. The Morgan fingerprint density at radius 2 is 1.70 bits per heavy atom. The van der Waals surface area contributed by atoms with Crippen molar-refractivity contribution in [1.82, 2.24) is 0 Å². The predicted molar refractivity (Wildman–Crippen MR) is 49.0 cm³/mol. The van der Waals surface area contributed by atoms with E-state index in [4.69, 9.17) is 0 Å². The van der Waals surface area contributed by atoms with Gasteiger partial charge < -0.3 is 4.55 Å². The molecule has 0 aliphatic rings. The van der Waals surface area contributed by atoms with Crippen LogP contribution in [0.15, 0.2) is 35.2 Å². The first-order valence-electron chi connectivity index (χ1n) is 2.46. The molecule has 0 aromatic heterocycles. The molecule has 10 heavy (non-hydrogen) atoms. The van der Waals surface area contributed by atoms with Crippen LogP contribution in [0.5, 0.6) is 0 Å². The van der Waals surface area contributed by atoms with Gasteiger partial charge in [0.25, 0.3) is 0 Å². The van der Waals surface area contributed by atoms with Crippen LogP contribution in [-0.2, 0) is 10.2 Å². The molecule has 1 rings (SSSR count). The minimum atomic E-state index is -1.13. The van der Waals surface area contributed by atoms with E-state index in [9.17, 15) is 4.55 Å². The molecule has 0 heterocycles. The van der Waals surface area contributed by atoms with Crippen LogP contribution in [0.3, 0.4) is 0 Å². The van der Waals surface area contributed by atoms with Crippen LogP contribution in [0.1, 0.15) is 0 Å². The Bertz CT molecular complexity index is 178. The average molecular weight is 182 g/mol. The van der Waals surface area contributed by atoms with Crippen LogP contribution >= 0.6 is 11.7 Å². The number of hydrogen-bond donors (Lipinski definition) is 1. The Labute approximate surface area is 90.5 Å². The van der Waals surface area contributed by atoms with Gasteiger partial charge in [-0.25, -0.2) is 0 Å². The Morgan fingerprint density at radius 3 is 2.00 bits per heavy atom. The molecular weight excluding hydrogens is 175 g/mol. The van der Waals surface area contributed by atoms with E-state index in [1.165, 1.54) is 0 Å². The molecule has 1 nitrogen and oxygen atoms in total. The van der Waals surface area contributed by atoms with Crippen molar-refractivity contribution in [2.24, 2.45) is 0 Å². The summed E-state index contributed by atoms with van der Waals surface area (Å²) >= 11 is 3.76. The summed E-state index contributed by atoms with van der Waals surface area (Å²) in [5.74, 6) is 0. The SMILES string of the molecule is [NaH].[O-][S+](S)c1ccccc1. The number of thiol groups is 1. The van der Waals surface area contributed by atoms with Crippen molar-refractivity contribution in [3.05, 3.63) is 30.3 Å². The summed E-state index contributed by atoms with van der Waals surface area (Å²) < 4.78 is 10.6. The summed E-state index contributed by atoms with van der Waals surface area (Å²) in [5, 5.41) is 0. The molecule has 0 saturated heterocycles. The standard InChI is InChI=1S/C6H6OS2.Na.H/c7-9(8)6-4-2-1-3-5-6;;/h1-5H,(H,7,8);;. The molecule has 0 aliphatic carbocycles. The molecule has 0 saturated carbocycles. The van der Waals surface area contributed by atoms with E-state index in [1.54, 1.807) is 12.1 Å². The molecule has 1 aromatic rings. The third kappa shape index (κ3) is 3.32. The summed E-state index contributed by atoms with van der Waals surface area (Å²) in [5.41, 5.74) is 0. The smallest absolute Gasteiger partial charge is 0.165 e. The maximum atomic E-state index is 10.6. The summed E-state index contributed by atoms with van der Waals surface area (Å²) in [4.78, 5) is 0.751. The zero-order chi connectivity index (χ0) is 6.69. The van der Waals surface area contributed by atoms with Gasteiger partial charge in [-0.05, 0) is 12.1 Å².